The number of carbonyl (C=O) groups is 1. The quantitative estimate of drug-likeness (QED) is 0.397. The minimum absolute atomic E-state index is 0.0671. The first-order valence-corrected chi connectivity index (χ1v) is 12.9. The Labute approximate surface area is 213 Å². The SMILES string of the molecule is COc1cccc(-c2nn3c(=O)cc(CN4CCN(C(=O)c5ccc(C(C)C)cc5)CC4)nc3s2)c1. The number of fused-ring (bicyclic) bond motifs is 1. The van der Waals surface area contributed by atoms with Crippen molar-refractivity contribution in [2.24, 2.45) is 0 Å². The van der Waals surface area contributed by atoms with Crippen LogP contribution in [0.3, 0.4) is 0 Å². The van der Waals surface area contributed by atoms with Crippen LogP contribution in [0.2, 0.25) is 0 Å². The van der Waals surface area contributed by atoms with Gasteiger partial charge < -0.3 is 9.64 Å². The Morgan fingerprint density at radius 1 is 1.06 bits per heavy atom. The molecule has 36 heavy (non-hydrogen) atoms. The Morgan fingerprint density at radius 3 is 2.50 bits per heavy atom. The second-order valence-corrected chi connectivity index (χ2v) is 10.2. The Kier molecular flexibility index (Phi) is 6.84. The van der Waals surface area contributed by atoms with E-state index in [9.17, 15) is 9.59 Å². The number of piperazine rings is 1. The smallest absolute Gasteiger partial charge is 0.275 e. The number of rotatable bonds is 6. The fraction of sp³-hybridized carbons (Fsp3) is 0.333. The van der Waals surface area contributed by atoms with Gasteiger partial charge in [-0.25, -0.2) is 4.98 Å². The Hall–Kier alpha value is -3.56. The van der Waals surface area contributed by atoms with Gasteiger partial charge in [-0.2, -0.15) is 9.61 Å². The van der Waals surface area contributed by atoms with Crippen LogP contribution in [0.1, 0.15) is 41.4 Å². The Bertz CT molecular complexity index is 1440. The van der Waals surface area contributed by atoms with Gasteiger partial charge in [0.25, 0.3) is 11.5 Å². The molecule has 0 saturated carbocycles. The summed E-state index contributed by atoms with van der Waals surface area (Å²) in [6.45, 7) is 7.60. The highest BCUT2D eigenvalue weighted by atomic mass is 32.1. The van der Waals surface area contributed by atoms with Gasteiger partial charge in [-0.3, -0.25) is 14.5 Å². The van der Waals surface area contributed by atoms with Gasteiger partial charge in [-0.1, -0.05) is 49.4 Å². The first kappa shape index (κ1) is 24.1. The summed E-state index contributed by atoms with van der Waals surface area (Å²) in [7, 11) is 1.62. The molecule has 9 heteroatoms. The van der Waals surface area contributed by atoms with Crippen LogP contribution < -0.4 is 10.3 Å². The second-order valence-electron chi connectivity index (χ2n) is 9.26. The van der Waals surface area contributed by atoms with Crippen LogP contribution in [0.4, 0.5) is 0 Å². The van der Waals surface area contributed by atoms with Crippen LogP contribution in [-0.4, -0.2) is 63.6 Å². The van der Waals surface area contributed by atoms with E-state index in [1.165, 1.54) is 21.4 Å². The molecule has 0 aliphatic carbocycles. The van der Waals surface area contributed by atoms with Crippen molar-refractivity contribution in [3.8, 4) is 16.3 Å². The number of ether oxygens (including phenoxy) is 1. The summed E-state index contributed by atoms with van der Waals surface area (Å²) >= 11 is 1.38. The van der Waals surface area contributed by atoms with Crippen LogP contribution in [-0.2, 0) is 6.54 Å². The molecule has 5 rings (SSSR count). The third-order valence-corrected chi connectivity index (χ3v) is 7.44. The van der Waals surface area contributed by atoms with E-state index in [1.807, 2.05) is 53.4 Å². The first-order chi connectivity index (χ1) is 17.4. The summed E-state index contributed by atoms with van der Waals surface area (Å²) in [6, 6.07) is 17.1. The van der Waals surface area contributed by atoms with Gasteiger partial charge in [-0.15, -0.1) is 0 Å². The van der Waals surface area contributed by atoms with E-state index in [4.69, 9.17) is 9.72 Å². The van der Waals surface area contributed by atoms with E-state index in [1.54, 1.807) is 13.2 Å². The monoisotopic (exact) mass is 503 g/mol. The number of methoxy groups -OCH3 is 1. The van der Waals surface area contributed by atoms with Crippen LogP contribution in [0.25, 0.3) is 15.5 Å². The van der Waals surface area contributed by atoms with Gasteiger partial charge in [0.2, 0.25) is 4.96 Å². The molecular formula is C27H29N5O3S. The van der Waals surface area contributed by atoms with Gasteiger partial charge in [0.05, 0.1) is 12.8 Å². The molecule has 1 amide bonds. The number of amides is 1. The lowest BCUT2D eigenvalue weighted by atomic mass is 10.0. The zero-order valence-electron chi connectivity index (χ0n) is 20.7. The zero-order valence-corrected chi connectivity index (χ0v) is 21.5. The summed E-state index contributed by atoms with van der Waals surface area (Å²) in [5.41, 5.74) is 3.35. The average molecular weight is 504 g/mol. The van der Waals surface area contributed by atoms with Crippen molar-refractivity contribution in [1.82, 2.24) is 24.4 Å². The molecule has 8 nitrogen and oxygen atoms in total. The number of nitrogens with zero attached hydrogens (tertiary/aromatic N) is 5. The van der Waals surface area contributed by atoms with Gasteiger partial charge in [-0.05, 0) is 35.7 Å². The molecule has 2 aromatic heterocycles. The number of aromatic nitrogens is 3. The van der Waals surface area contributed by atoms with Gasteiger partial charge in [0.1, 0.15) is 10.8 Å². The molecule has 0 unspecified atom stereocenters. The molecule has 0 N–H and O–H groups in total. The summed E-state index contributed by atoms with van der Waals surface area (Å²) in [5.74, 6) is 1.24. The molecule has 1 saturated heterocycles. The standard InChI is InChI=1S/C27H29N5O3S/c1-18(2)19-7-9-20(10-8-19)26(34)31-13-11-30(12-14-31)17-22-16-24(33)32-27(28-22)36-25(29-32)21-5-4-6-23(15-21)35-3/h4-10,15-16,18H,11-14,17H2,1-3H3. The normalized spacial score (nSPS) is 14.5. The molecule has 0 atom stereocenters. The lowest BCUT2D eigenvalue weighted by Crippen LogP contribution is -2.48. The van der Waals surface area contributed by atoms with Gasteiger partial charge in [0.15, 0.2) is 0 Å². The topological polar surface area (TPSA) is 80.0 Å². The van der Waals surface area contributed by atoms with Gasteiger partial charge in [0, 0.05) is 49.9 Å². The van der Waals surface area contributed by atoms with E-state index >= 15 is 0 Å². The average Bonchev–Trinajstić information content (AvgIpc) is 3.34. The second kappa shape index (κ2) is 10.2. The number of hydrogen-bond acceptors (Lipinski definition) is 7. The molecule has 1 fully saturated rings. The van der Waals surface area contributed by atoms with Crippen LogP contribution in [0, 0.1) is 0 Å². The molecular weight excluding hydrogens is 474 g/mol. The molecule has 186 valence electrons. The largest absolute Gasteiger partial charge is 0.497 e. The zero-order chi connectivity index (χ0) is 25.2. The first-order valence-electron chi connectivity index (χ1n) is 12.1. The Morgan fingerprint density at radius 2 is 1.81 bits per heavy atom. The maximum atomic E-state index is 12.9. The highest BCUT2D eigenvalue weighted by Gasteiger charge is 2.23. The Balaban J connectivity index is 1.25. The lowest BCUT2D eigenvalue weighted by molar-refractivity contribution is 0.0627. The molecule has 2 aromatic carbocycles. The maximum absolute atomic E-state index is 12.9. The molecule has 4 aromatic rings. The summed E-state index contributed by atoms with van der Waals surface area (Å²) in [5, 5.41) is 5.18. The van der Waals surface area contributed by atoms with E-state index in [0.717, 1.165) is 30.0 Å². The van der Waals surface area contributed by atoms with E-state index < -0.39 is 0 Å². The third-order valence-electron chi connectivity index (χ3n) is 6.48. The maximum Gasteiger partial charge on any atom is 0.275 e. The summed E-state index contributed by atoms with van der Waals surface area (Å²) in [4.78, 5) is 35.1. The van der Waals surface area contributed by atoms with Crippen molar-refractivity contribution in [2.45, 2.75) is 26.3 Å². The van der Waals surface area contributed by atoms with Crippen molar-refractivity contribution >= 4 is 22.2 Å². The van der Waals surface area contributed by atoms with E-state index in [-0.39, 0.29) is 11.5 Å². The van der Waals surface area contributed by atoms with E-state index in [2.05, 4.69) is 23.8 Å². The predicted molar refractivity (Wildman–Crippen MR) is 141 cm³/mol. The van der Waals surface area contributed by atoms with Crippen LogP contribution >= 0.6 is 11.3 Å². The predicted octanol–water partition coefficient (Wildman–Crippen LogP) is 3.91. The fourth-order valence-electron chi connectivity index (χ4n) is 4.34. The molecule has 1 aliphatic heterocycles. The van der Waals surface area contributed by atoms with Crippen LogP contribution in [0.15, 0.2) is 59.4 Å². The minimum Gasteiger partial charge on any atom is -0.497 e. The minimum atomic E-state index is -0.195. The van der Waals surface area contributed by atoms with Crippen molar-refractivity contribution in [3.05, 3.63) is 81.8 Å². The summed E-state index contributed by atoms with van der Waals surface area (Å²) < 4.78 is 6.65. The van der Waals surface area contributed by atoms with Crippen LogP contribution in [0.5, 0.6) is 5.75 Å². The number of carbonyl (C=O) groups excluding carboxylic acids is 1. The molecule has 0 spiro atoms. The molecule has 0 bridgehead atoms. The highest BCUT2D eigenvalue weighted by Crippen LogP contribution is 2.27. The molecule has 3 heterocycles. The third kappa shape index (κ3) is 5.03. The number of hydrogen-bond donors (Lipinski definition) is 0. The highest BCUT2D eigenvalue weighted by molar-refractivity contribution is 7.19. The molecule has 0 radical (unpaired) electrons. The van der Waals surface area contributed by atoms with Gasteiger partial charge >= 0.3 is 0 Å². The lowest BCUT2D eigenvalue weighted by Gasteiger charge is -2.34. The van der Waals surface area contributed by atoms with Crippen molar-refractivity contribution in [2.75, 3.05) is 33.3 Å². The number of benzene rings is 2. The van der Waals surface area contributed by atoms with Crippen molar-refractivity contribution in [1.29, 1.82) is 0 Å². The van der Waals surface area contributed by atoms with Crippen molar-refractivity contribution in [3.63, 3.8) is 0 Å². The summed E-state index contributed by atoms with van der Waals surface area (Å²) in [6.07, 6.45) is 0. The van der Waals surface area contributed by atoms with Crippen molar-refractivity contribution < 1.29 is 9.53 Å². The fourth-order valence-corrected chi connectivity index (χ4v) is 5.26. The van der Waals surface area contributed by atoms with E-state index in [0.29, 0.717) is 41.2 Å². The molecule has 1 aliphatic rings.